The maximum atomic E-state index is 9.98. The van der Waals surface area contributed by atoms with Gasteiger partial charge in [0, 0.05) is 0 Å². The summed E-state index contributed by atoms with van der Waals surface area (Å²) in [5.74, 6) is -1.20. The molecule has 4 nitrogen and oxygen atoms in total. The van der Waals surface area contributed by atoms with Crippen molar-refractivity contribution in [1.82, 2.24) is 0 Å². The Balaban J connectivity index is 4.04. The van der Waals surface area contributed by atoms with Crippen molar-refractivity contribution in [3.8, 4) is 0 Å². The molecule has 0 aromatic heterocycles. The van der Waals surface area contributed by atoms with Crippen LogP contribution in [0.15, 0.2) is 23.9 Å². The van der Waals surface area contributed by atoms with Gasteiger partial charge in [0.15, 0.2) is 0 Å². The summed E-state index contributed by atoms with van der Waals surface area (Å²) in [6.45, 7) is 0. The van der Waals surface area contributed by atoms with Crippen LogP contribution >= 0.6 is 0 Å². The Morgan fingerprint density at radius 3 is 2.40 bits per heavy atom. The van der Waals surface area contributed by atoms with E-state index in [1.165, 1.54) is 6.08 Å². The van der Waals surface area contributed by atoms with Gasteiger partial charge in [-0.2, -0.15) is 0 Å². The number of hydrogen-bond acceptors (Lipinski definition) is 3. The highest BCUT2D eigenvalue weighted by molar-refractivity contribution is 5.85. The fraction of sp³-hybridized carbons (Fsp3) is 0. The first-order chi connectivity index (χ1) is 4.68. The number of carbonyl (C=O) groups is 2. The minimum absolute atomic E-state index is 0.293. The SMILES string of the molecule is N/C(=C/C=C\C=O)C(=O)O. The molecule has 4 heteroatoms. The van der Waals surface area contributed by atoms with Crippen LogP contribution in [0.25, 0.3) is 0 Å². The van der Waals surface area contributed by atoms with Crippen molar-refractivity contribution in [1.29, 1.82) is 0 Å². The Morgan fingerprint density at radius 1 is 1.40 bits per heavy atom. The molecule has 0 aliphatic carbocycles. The summed E-state index contributed by atoms with van der Waals surface area (Å²) in [6, 6.07) is 0. The maximum Gasteiger partial charge on any atom is 0.351 e. The summed E-state index contributed by atoms with van der Waals surface area (Å²) in [5.41, 5.74) is 4.66. The second-order valence-electron chi connectivity index (χ2n) is 1.45. The Hall–Kier alpha value is -1.58. The molecule has 0 spiro atoms. The van der Waals surface area contributed by atoms with Crippen LogP contribution in [0.1, 0.15) is 0 Å². The monoisotopic (exact) mass is 141 g/mol. The second-order valence-corrected chi connectivity index (χ2v) is 1.45. The van der Waals surface area contributed by atoms with Gasteiger partial charge in [-0.05, 0) is 12.2 Å². The molecule has 0 saturated carbocycles. The van der Waals surface area contributed by atoms with Crippen molar-refractivity contribution in [3.05, 3.63) is 23.9 Å². The van der Waals surface area contributed by atoms with Crippen molar-refractivity contribution < 1.29 is 14.7 Å². The zero-order valence-corrected chi connectivity index (χ0v) is 5.15. The Morgan fingerprint density at radius 2 is 2.00 bits per heavy atom. The van der Waals surface area contributed by atoms with Crippen molar-refractivity contribution in [2.24, 2.45) is 5.73 Å². The summed E-state index contributed by atoms with van der Waals surface area (Å²) in [5, 5.41) is 8.17. The van der Waals surface area contributed by atoms with E-state index < -0.39 is 5.97 Å². The van der Waals surface area contributed by atoms with Gasteiger partial charge in [0.2, 0.25) is 0 Å². The molecule has 0 amide bonds. The van der Waals surface area contributed by atoms with Crippen molar-refractivity contribution in [2.75, 3.05) is 0 Å². The molecule has 0 aliphatic heterocycles. The third-order valence-corrected chi connectivity index (χ3v) is 0.712. The Bertz CT molecular complexity index is 193. The van der Waals surface area contributed by atoms with E-state index in [9.17, 15) is 9.59 Å². The predicted molar refractivity (Wildman–Crippen MR) is 35.1 cm³/mol. The summed E-state index contributed by atoms with van der Waals surface area (Å²) in [7, 11) is 0. The van der Waals surface area contributed by atoms with Crippen LogP contribution in [0.5, 0.6) is 0 Å². The van der Waals surface area contributed by atoms with E-state index in [1.54, 1.807) is 0 Å². The summed E-state index contributed by atoms with van der Waals surface area (Å²) in [4.78, 5) is 19.6. The van der Waals surface area contributed by atoms with Crippen molar-refractivity contribution >= 4 is 12.3 Å². The quantitative estimate of drug-likeness (QED) is 0.320. The van der Waals surface area contributed by atoms with Gasteiger partial charge in [0.05, 0.1) is 0 Å². The first kappa shape index (κ1) is 8.42. The Labute approximate surface area is 57.6 Å². The largest absolute Gasteiger partial charge is 0.477 e. The van der Waals surface area contributed by atoms with Crippen LogP contribution in [-0.4, -0.2) is 17.4 Å². The highest BCUT2D eigenvalue weighted by Crippen LogP contribution is 1.83. The third kappa shape index (κ3) is 3.43. The number of hydrogen-bond donors (Lipinski definition) is 2. The molecule has 0 bridgehead atoms. The lowest BCUT2D eigenvalue weighted by molar-refractivity contribution is -0.132. The molecule has 0 radical (unpaired) electrons. The third-order valence-electron chi connectivity index (χ3n) is 0.712. The van der Waals surface area contributed by atoms with E-state index in [1.807, 2.05) is 0 Å². The van der Waals surface area contributed by atoms with E-state index >= 15 is 0 Å². The van der Waals surface area contributed by atoms with Gasteiger partial charge in [0.25, 0.3) is 0 Å². The summed E-state index contributed by atoms with van der Waals surface area (Å²) in [6.07, 6.45) is 4.08. The predicted octanol–water partition coefficient (Wildman–Crippen LogP) is -0.331. The lowest BCUT2D eigenvalue weighted by Gasteiger charge is -1.86. The van der Waals surface area contributed by atoms with Crippen LogP contribution in [0, 0.1) is 0 Å². The van der Waals surface area contributed by atoms with Crippen LogP contribution < -0.4 is 5.73 Å². The molecule has 10 heavy (non-hydrogen) atoms. The van der Waals surface area contributed by atoms with Crippen LogP contribution in [0.4, 0.5) is 0 Å². The van der Waals surface area contributed by atoms with Crippen molar-refractivity contribution in [2.45, 2.75) is 0 Å². The minimum atomic E-state index is -1.20. The van der Waals surface area contributed by atoms with Gasteiger partial charge in [-0.15, -0.1) is 0 Å². The van der Waals surface area contributed by atoms with E-state index in [-0.39, 0.29) is 5.70 Å². The lowest BCUT2D eigenvalue weighted by atomic mass is 10.4. The fourth-order valence-corrected chi connectivity index (χ4v) is 0.276. The topological polar surface area (TPSA) is 80.4 Å². The molecular weight excluding hydrogens is 134 g/mol. The first-order valence-electron chi connectivity index (χ1n) is 2.49. The average Bonchev–Trinajstić information content (AvgIpc) is 1.88. The Kier molecular flexibility index (Phi) is 3.63. The molecular formula is C6H7NO3. The van der Waals surface area contributed by atoms with E-state index in [2.05, 4.69) is 0 Å². The van der Waals surface area contributed by atoms with Crippen LogP contribution in [0.3, 0.4) is 0 Å². The molecule has 0 unspecified atom stereocenters. The highest BCUT2D eigenvalue weighted by atomic mass is 16.4. The highest BCUT2D eigenvalue weighted by Gasteiger charge is 1.95. The molecule has 0 aromatic rings. The van der Waals surface area contributed by atoms with Gasteiger partial charge >= 0.3 is 5.97 Å². The molecule has 0 atom stereocenters. The van der Waals surface area contributed by atoms with Crippen LogP contribution in [0.2, 0.25) is 0 Å². The number of carboxylic acids is 1. The standard InChI is InChI=1S/C6H7NO3/c7-5(6(9)10)3-1-2-4-8/h1-4H,7H2,(H,9,10)/b2-1-,5-3+. The number of allylic oxidation sites excluding steroid dienone is 3. The molecule has 0 aromatic carbocycles. The number of rotatable bonds is 3. The van der Waals surface area contributed by atoms with Crippen LogP contribution in [-0.2, 0) is 9.59 Å². The number of aliphatic carboxylic acids is 1. The van der Waals surface area contributed by atoms with E-state index in [4.69, 9.17) is 10.8 Å². The molecule has 0 saturated heterocycles. The minimum Gasteiger partial charge on any atom is -0.477 e. The lowest BCUT2D eigenvalue weighted by Crippen LogP contribution is -2.08. The van der Waals surface area contributed by atoms with Gasteiger partial charge in [-0.3, -0.25) is 4.79 Å². The zero-order valence-electron chi connectivity index (χ0n) is 5.15. The van der Waals surface area contributed by atoms with Gasteiger partial charge in [-0.1, -0.05) is 6.08 Å². The fourth-order valence-electron chi connectivity index (χ4n) is 0.276. The van der Waals surface area contributed by atoms with E-state index in [0.717, 1.165) is 12.2 Å². The van der Waals surface area contributed by atoms with Gasteiger partial charge in [-0.25, -0.2) is 4.79 Å². The average molecular weight is 141 g/mol. The molecule has 0 rings (SSSR count). The molecule has 0 aliphatic rings. The second kappa shape index (κ2) is 4.31. The summed E-state index contributed by atoms with van der Waals surface area (Å²) >= 11 is 0. The smallest absolute Gasteiger partial charge is 0.351 e. The van der Waals surface area contributed by atoms with Gasteiger partial charge in [0.1, 0.15) is 12.0 Å². The van der Waals surface area contributed by atoms with Crippen molar-refractivity contribution in [3.63, 3.8) is 0 Å². The number of carbonyl (C=O) groups excluding carboxylic acids is 1. The normalized spacial score (nSPS) is 11.8. The van der Waals surface area contributed by atoms with E-state index in [0.29, 0.717) is 6.29 Å². The number of nitrogens with two attached hydrogens (primary N) is 1. The molecule has 0 fully saturated rings. The first-order valence-corrected chi connectivity index (χ1v) is 2.49. The molecule has 3 N–H and O–H groups in total. The summed E-state index contributed by atoms with van der Waals surface area (Å²) < 4.78 is 0. The molecule has 54 valence electrons. The van der Waals surface area contributed by atoms with Gasteiger partial charge < -0.3 is 10.8 Å². The molecule has 0 heterocycles. The number of carboxylic acid groups (broad SMARTS) is 1. The number of aldehydes is 1. The maximum absolute atomic E-state index is 9.98. The zero-order chi connectivity index (χ0) is 7.98.